The summed E-state index contributed by atoms with van der Waals surface area (Å²) in [5, 5.41) is 3.24. The summed E-state index contributed by atoms with van der Waals surface area (Å²) in [6.45, 7) is 2.80. The van der Waals surface area contributed by atoms with Gasteiger partial charge in [0.2, 0.25) is 11.9 Å². The van der Waals surface area contributed by atoms with E-state index in [1.807, 2.05) is 42.5 Å². The maximum absolute atomic E-state index is 5.44. The fourth-order valence-corrected chi connectivity index (χ4v) is 3.03. The van der Waals surface area contributed by atoms with Gasteiger partial charge in [-0.1, -0.05) is 30.3 Å². The number of anilines is 3. The van der Waals surface area contributed by atoms with E-state index in [0.717, 1.165) is 24.3 Å². The molecule has 0 unspecified atom stereocenters. The first kappa shape index (κ1) is 16.7. The zero-order chi connectivity index (χ0) is 18.8. The van der Waals surface area contributed by atoms with E-state index < -0.39 is 0 Å². The highest BCUT2D eigenvalue weighted by atomic mass is 16.9. The van der Waals surface area contributed by atoms with Crippen molar-refractivity contribution in [3.8, 4) is 22.9 Å². The van der Waals surface area contributed by atoms with Gasteiger partial charge in [-0.15, -0.1) is 0 Å². The zero-order valence-corrected chi connectivity index (χ0v) is 15.0. The number of ether oxygens (including phenoxy) is 1. The van der Waals surface area contributed by atoms with E-state index >= 15 is 0 Å². The van der Waals surface area contributed by atoms with Crippen LogP contribution in [-0.4, -0.2) is 41.3 Å². The standard InChI is InChI=1S/C19H18N6O3/c1-2-4-13(5-3-1)17-21-18(23-19(22-17)25-8-10-26-11-9-25)20-14-6-7-15-16(12-14)28-24-27-15/h1-7,12,24H,8-11H2,(H,20,21,22,23). The van der Waals surface area contributed by atoms with Gasteiger partial charge in [-0.05, 0) is 12.1 Å². The molecule has 9 heteroatoms. The van der Waals surface area contributed by atoms with Gasteiger partial charge in [0.15, 0.2) is 17.3 Å². The normalized spacial score (nSPS) is 15.5. The highest BCUT2D eigenvalue weighted by Gasteiger charge is 2.18. The van der Waals surface area contributed by atoms with Crippen LogP contribution in [0.4, 0.5) is 17.6 Å². The quantitative estimate of drug-likeness (QED) is 0.709. The van der Waals surface area contributed by atoms with Crippen molar-refractivity contribution in [3.05, 3.63) is 48.5 Å². The first-order valence-corrected chi connectivity index (χ1v) is 8.99. The number of hydrogen-bond acceptors (Lipinski definition) is 9. The van der Waals surface area contributed by atoms with Crippen LogP contribution in [0.2, 0.25) is 0 Å². The van der Waals surface area contributed by atoms with E-state index in [2.05, 4.69) is 30.8 Å². The van der Waals surface area contributed by atoms with Crippen LogP contribution in [0.3, 0.4) is 0 Å². The number of nitrogens with one attached hydrogen (secondary N) is 2. The van der Waals surface area contributed by atoms with Crippen molar-refractivity contribution in [3.63, 3.8) is 0 Å². The Bertz CT molecular complexity index is 979. The summed E-state index contributed by atoms with van der Waals surface area (Å²) < 4.78 is 5.44. The Kier molecular flexibility index (Phi) is 4.36. The smallest absolute Gasteiger partial charge is 0.232 e. The van der Waals surface area contributed by atoms with E-state index in [-0.39, 0.29) is 0 Å². The van der Waals surface area contributed by atoms with Crippen LogP contribution in [0, 0.1) is 0 Å². The Labute approximate surface area is 161 Å². The van der Waals surface area contributed by atoms with Crippen molar-refractivity contribution in [2.45, 2.75) is 0 Å². The molecular weight excluding hydrogens is 360 g/mol. The number of benzene rings is 2. The highest BCUT2D eigenvalue weighted by molar-refractivity contribution is 5.63. The minimum Gasteiger partial charge on any atom is -0.378 e. The lowest BCUT2D eigenvalue weighted by Crippen LogP contribution is -2.37. The molecule has 2 aliphatic heterocycles. The van der Waals surface area contributed by atoms with E-state index in [9.17, 15) is 0 Å². The summed E-state index contributed by atoms with van der Waals surface area (Å²) in [6, 6.07) is 15.3. The average Bonchev–Trinajstić information content (AvgIpc) is 3.23. The van der Waals surface area contributed by atoms with Gasteiger partial charge in [0.25, 0.3) is 0 Å². The molecule has 0 bridgehead atoms. The van der Waals surface area contributed by atoms with Crippen molar-refractivity contribution in [1.29, 1.82) is 0 Å². The Morgan fingerprint density at radius 3 is 2.57 bits per heavy atom. The third-order valence-corrected chi connectivity index (χ3v) is 4.45. The zero-order valence-electron chi connectivity index (χ0n) is 15.0. The Hall–Kier alpha value is -3.43. The fraction of sp³-hybridized carbons (Fsp3) is 0.211. The molecule has 0 aliphatic carbocycles. The number of rotatable bonds is 4. The second-order valence-corrected chi connectivity index (χ2v) is 6.32. The van der Waals surface area contributed by atoms with E-state index in [1.165, 1.54) is 0 Å². The molecule has 2 N–H and O–H groups in total. The molecule has 2 aromatic carbocycles. The predicted molar refractivity (Wildman–Crippen MR) is 102 cm³/mol. The molecule has 5 rings (SSSR count). The predicted octanol–water partition coefficient (Wildman–Crippen LogP) is 2.31. The van der Waals surface area contributed by atoms with Crippen molar-refractivity contribution in [2.75, 3.05) is 36.5 Å². The number of fused-ring (bicyclic) bond motifs is 1. The topological polar surface area (TPSA) is 93.7 Å². The highest BCUT2D eigenvalue weighted by Crippen LogP contribution is 2.33. The number of aromatic nitrogens is 3. The first-order chi connectivity index (χ1) is 13.8. The minimum absolute atomic E-state index is 0.460. The van der Waals surface area contributed by atoms with Gasteiger partial charge in [-0.3, -0.25) is 0 Å². The van der Waals surface area contributed by atoms with E-state index in [0.29, 0.717) is 42.4 Å². The lowest BCUT2D eigenvalue weighted by Gasteiger charge is -2.27. The minimum atomic E-state index is 0.460. The summed E-state index contributed by atoms with van der Waals surface area (Å²) >= 11 is 0. The van der Waals surface area contributed by atoms with Gasteiger partial charge < -0.3 is 24.6 Å². The van der Waals surface area contributed by atoms with Crippen molar-refractivity contribution in [2.24, 2.45) is 0 Å². The van der Waals surface area contributed by atoms with Crippen LogP contribution in [-0.2, 0) is 4.74 Å². The average molecular weight is 378 g/mol. The lowest BCUT2D eigenvalue weighted by atomic mass is 10.2. The van der Waals surface area contributed by atoms with Crippen LogP contribution < -0.4 is 25.5 Å². The molecule has 0 amide bonds. The van der Waals surface area contributed by atoms with Gasteiger partial charge in [0.05, 0.1) is 13.2 Å². The molecule has 1 saturated heterocycles. The summed E-state index contributed by atoms with van der Waals surface area (Å²) in [7, 11) is 0. The van der Waals surface area contributed by atoms with Crippen LogP contribution in [0.5, 0.6) is 11.5 Å². The maximum atomic E-state index is 5.44. The van der Waals surface area contributed by atoms with Crippen LogP contribution in [0.25, 0.3) is 11.4 Å². The van der Waals surface area contributed by atoms with Gasteiger partial charge in [0.1, 0.15) is 0 Å². The summed E-state index contributed by atoms with van der Waals surface area (Å²) in [6.07, 6.45) is 0. The maximum Gasteiger partial charge on any atom is 0.232 e. The van der Waals surface area contributed by atoms with Crippen LogP contribution in [0.1, 0.15) is 0 Å². The van der Waals surface area contributed by atoms with Gasteiger partial charge in [-0.25, -0.2) is 0 Å². The molecule has 0 spiro atoms. The van der Waals surface area contributed by atoms with Crippen molar-refractivity contribution in [1.82, 2.24) is 20.6 Å². The number of nitrogens with zero attached hydrogens (tertiary/aromatic N) is 4. The molecule has 0 saturated carbocycles. The second kappa shape index (κ2) is 7.29. The summed E-state index contributed by atoms with van der Waals surface area (Å²) in [5.41, 5.74) is 4.08. The number of hydrogen-bond donors (Lipinski definition) is 2. The fourth-order valence-electron chi connectivity index (χ4n) is 3.03. The largest absolute Gasteiger partial charge is 0.378 e. The van der Waals surface area contributed by atoms with Gasteiger partial charge >= 0.3 is 0 Å². The first-order valence-electron chi connectivity index (χ1n) is 8.99. The molecule has 2 aliphatic rings. The molecule has 0 radical (unpaired) electrons. The SMILES string of the molecule is c1ccc(-c2nc(Nc3ccc4c(c3)ONO4)nc(N3CCOCC3)n2)cc1. The molecule has 9 nitrogen and oxygen atoms in total. The lowest BCUT2D eigenvalue weighted by molar-refractivity contribution is 0.0260. The number of morpholine rings is 1. The summed E-state index contributed by atoms with van der Waals surface area (Å²) in [4.78, 5) is 26.3. The Morgan fingerprint density at radius 1 is 0.893 bits per heavy atom. The molecule has 3 heterocycles. The molecular formula is C19H18N6O3. The molecule has 1 fully saturated rings. The van der Waals surface area contributed by atoms with Gasteiger partial charge in [-0.2, -0.15) is 15.0 Å². The summed E-state index contributed by atoms with van der Waals surface area (Å²) in [5.74, 6) is 2.92. The van der Waals surface area contributed by atoms with Crippen molar-refractivity contribution < 1.29 is 14.4 Å². The Balaban J connectivity index is 1.50. The van der Waals surface area contributed by atoms with Crippen LogP contribution in [0.15, 0.2) is 48.5 Å². The molecule has 142 valence electrons. The second-order valence-electron chi connectivity index (χ2n) is 6.32. The van der Waals surface area contributed by atoms with Crippen LogP contribution >= 0.6 is 0 Å². The molecule has 1 aromatic heterocycles. The van der Waals surface area contributed by atoms with Crippen molar-refractivity contribution >= 4 is 17.6 Å². The third-order valence-electron chi connectivity index (χ3n) is 4.45. The molecule has 28 heavy (non-hydrogen) atoms. The molecule has 0 atom stereocenters. The Morgan fingerprint density at radius 2 is 1.71 bits per heavy atom. The van der Waals surface area contributed by atoms with Gasteiger partial charge in [0, 0.05) is 36.1 Å². The van der Waals surface area contributed by atoms with E-state index in [4.69, 9.17) is 14.4 Å². The monoisotopic (exact) mass is 378 g/mol. The molecule has 3 aromatic rings. The van der Waals surface area contributed by atoms with E-state index in [1.54, 1.807) is 6.07 Å². The third kappa shape index (κ3) is 3.40.